The minimum absolute atomic E-state index is 0.451. The Labute approximate surface area is 191 Å². The van der Waals surface area contributed by atoms with Gasteiger partial charge in [0.2, 0.25) is 0 Å². The fraction of sp³-hybridized carbons (Fsp3) is 0.407. The summed E-state index contributed by atoms with van der Waals surface area (Å²) in [5, 5.41) is 10.6. The maximum absolute atomic E-state index is 10.6. The van der Waals surface area contributed by atoms with Crippen molar-refractivity contribution in [2.75, 3.05) is 37.6 Å². The topological polar surface area (TPSA) is 52.5 Å². The molecule has 0 bridgehead atoms. The Hall–Kier alpha value is -2.76. The molecule has 0 aliphatic carbocycles. The van der Waals surface area contributed by atoms with Crippen LogP contribution in [0.25, 0.3) is 0 Å². The number of hydrogen-bond donors (Lipinski definition) is 1. The summed E-state index contributed by atoms with van der Waals surface area (Å²) >= 11 is 0. The number of rotatable bonds is 7. The summed E-state index contributed by atoms with van der Waals surface area (Å²) in [4.78, 5) is 14.4. The first-order chi connectivity index (χ1) is 15.5. The van der Waals surface area contributed by atoms with E-state index in [1.165, 1.54) is 16.7 Å². The predicted molar refractivity (Wildman–Crippen MR) is 130 cm³/mol. The monoisotopic (exact) mass is 430 g/mol. The first kappa shape index (κ1) is 22.4. The van der Waals surface area contributed by atoms with Crippen molar-refractivity contribution in [2.45, 2.75) is 39.7 Å². The molecule has 0 spiro atoms. The molecule has 1 unspecified atom stereocenters. The van der Waals surface area contributed by atoms with Crippen LogP contribution in [-0.2, 0) is 12.8 Å². The third-order valence-electron chi connectivity index (χ3n) is 6.27. The summed E-state index contributed by atoms with van der Waals surface area (Å²) in [6.45, 7) is 10.6. The zero-order chi connectivity index (χ0) is 22.5. The number of aromatic nitrogens is 2. The van der Waals surface area contributed by atoms with Gasteiger partial charge in [0.15, 0.2) is 0 Å². The molecular formula is C27H34N4O. The van der Waals surface area contributed by atoms with Crippen LogP contribution >= 0.6 is 0 Å². The maximum atomic E-state index is 10.6. The highest BCUT2D eigenvalue weighted by atomic mass is 16.3. The SMILES string of the molecule is CCc1nc(C)nc(N2CCN(CC(O)c3ccccc3)CC2)c1Cc1cccc(C)c1. The second kappa shape index (κ2) is 10.2. The van der Waals surface area contributed by atoms with E-state index in [0.29, 0.717) is 6.54 Å². The van der Waals surface area contributed by atoms with Crippen molar-refractivity contribution >= 4 is 5.82 Å². The average Bonchev–Trinajstić information content (AvgIpc) is 2.81. The van der Waals surface area contributed by atoms with Gasteiger partial charge in [0.25, 0.3) is 0 Å². The van der Waals surface area contributed by atoms with Gasteiger partial charge in [0, 0.05) is 50.4 Å². The third-order valence-corrected chi connectivity index (χ3v) is 6.27. The molecule has 4 rings (SSSR count). The summed E-state index contributed by atoms with van der Waals surface area (Å²) in [6, 6.07) is 18.6. The van der Waals surface area contributed by atoms with E-state index in [1.54, 1.807) is 0 Å². The molecule has 2 heterocycles. The molecule has 1 aromatic heterocycles. The first-order valence-corrected chi connectivity index (χ1v) is 11.7. The van der Waals surface area contributed by atoms with E-state index in [2.05, 4.69) is 47.9 Å². The Balaban J connectivity index is 1.49. The smallest absolute Gasteiger partial charge is 0.136 e. The number of aryl methyl sites for hydroxylation is 3. The normalized spacial score (nSPS) is 15.7. The largest absolute Gasteiger partial charge is 0.387 e. The summed E-state index contributed by atoms with van der Waals surface area (Å²) in [5.74, 6) is 1.92. The lowest BCUT2D eigenvalue weighted by Gasteiger charge is -2.37. The molecule has 3 aromatic rings. The summed E-state index contributed by atoms with van der Waals surface area (Å²) in [6.07, 6.45) is 1.31. The van der Waals surface area contributed by atoms with Gasteiger partial charge >= 0.3 is 0 Å². The second-order valence-electron chi connectivity index (χ2n) is 8.75. The van der Waals surface area contributed by atoms with Gasteiger partial charge in [-0.3, -0.25) is 4.90 Å². The number of piperazine rings is 1. The Kier molecular flexibility index (Phi) is 7.18. The molecule has 32 heavy (non-hydrogen) atoms. The van der Waals surface area contributed by atoms with E-state index in [-0.39, 0.29) is 0 Å². The minimum Gasteiger partial charge on any atom is -0.387 e. The standard InChI is InChI=1S/C27H34N4O/c1-4-25-24(18-22-10-8-9-20(2)17-22)27(29-21(3)28-25)31-15-13-30(14-16-31)19-26(32)23-11-6-5-7-12-23/h5-12,17,26,32H,4,13-16,18-19H2,1-3H3. The van der Waals surface area contributed by atoms with Crippen LogP contribution in [0.2, 0.25) is 0 Å². The van der Waals surface area contributed by atoms with Crippen LogP contribution in [0.5, 0.6) is 0 Å². The lowest BCUT2D eigenvalue weighted by Crippen LogP contribution is -2.48. The number of hydrogen-bond acceptors (Lipinski definition) is 5. The van der Waals surface area contributed by atoms with Crippen molar-refractivity contribution in [3.05, 3.63) is 88.4 Å². The van der Waals surface area contributed by atoms with Crippen LogP contribution in [0.3, 0.4) is 0 Å². The van der Waals surface area contributed by atoms with Gasteiger partial charge in [-0.1, -0.05) is 67.1 Å². The van der Waals surface area contributed by atoms with E-state index >= 15 is 0 Å². The molecule has 1 atom stereocenters. The molecule has 168 valence electrons. The fourth-order valence-electron chi connectivity index (χ4n) is 4.57. The first-order valence-electron chi connectivity index (χ1n) is 11.7. The van der Waals surface area contributed by atoms with Crippen LogP contribution in [0.1, 0.15) is 46.8 Å². The Morgan fingerprint density at radius 1 is 0.938 bits per heavy atom. The van der Waals surface area contributed by atoms with Gasteiger partial charge in [-0.2, -0.15) is 0 Å². The van der Waals surface area contributed by atoms with Gasteiger partial charge in [-0.25, -0.2) is 9.97 Å². The number of nitrogens with zero attached hydrogens (tertiary/aromatic N) is 4. The van der Waals surface area contributed by atoms with Crippen LogP contribution in [0.4, 0.5) is 5.82 Å². The molecule has 0 saturated carbocycles. The number of anilines is 1. The molecule has 0 amide bonds. The van der Waals surface area contributed by atoms with Crippen molar-refractivity contribution in [3.63, 3.8) is 0 Å². The lowest BCUT2D eigenvalue weighted by molar-refractivity contribution is 0.109. The quantitative estimate of drug-likeness (QED) is 0.612. The Morgan fingerprint density at radius 2 is 1.69 bits per heavy atom. The van der Waals surface area contributed by atoms with Gasteiger partial charge in [-0.05, 0) is 31.4 Å². The van der Waals surface area contributed by atoms with Gasteiger partial charge < -0.3 is 10.0 Å². The van der Waals surface area contributed by atoms with Gasteiger partial charge in [0.1, 0.15) is 11.6 Å². The average molecular weight is 431 g/mol. The molecule has 1 fully saturated rings. The number of β-amino-alcohol motifs (C(OH)–C–C–N with tert-alkyl or cyclic N) is 1. The Bertz CT molecular complexity index is 1030. The van der Waals surface area contributed by atoms with Crippen LogP contribution in [0, 0.1) is 13.8 Å². The van der Waals surface area contributed by atoms with E-state index in [0.717, 1.165) is 61.9 Å². The third kappa shape index (κ3) is 5.34. The van der Waals surface area contributed by atoms with E-state index < -0.39 is 6.10 Å². The van der Waals surface area contributed by atoms with Crippen LogP contribution < -0.4 is 4.90 Å². The molecule has 5 heteroatoms. The van der Waals surface area contributed by atoms with E-state index in [4.69, 9.17) is 9.97 Å². The molecule has 1 aliphatic rings. The summed E-state index contributed by atoms with van der Waals surface area (Å²) < 4.78 is 0. The zero-order valence-corrected chi connectivity index (χ0v) is 19.5. The number of aliphatic hydroxyl groups excluding tert-OH is 1. The summed E-state index contributed by atoms with van der Waals surface area (Å²) in [7, 11) is 0. The van der Waals surface area contributed by atoms with Crippen molar-refractivity contribution in [1.29, 1.82) is 0 Å². The molecule has 2 aromatic carbocycles. The molecule has 1 saturated heterocycles. The summed E-state index contributed by atoms with van der Waals surface area (Å²) in [5.41, 5.74) is 5.96. The Morgan fingerprint density at radius 3 is 2.38 bits per heavy atom. The molecule has 5 nitrogen and oxygen atoms in total. The van der Waals surface area contributed by atoms with Crippen molar-refractivity contribution in [3.8, 4) is 0 Å². The number of aliphatic hydroxyl groups is 1. The molecule has 0 radical (unpaired) electrons. The second-order valence-corrected chi connectivity index (χ2v) is 8.75. The van der Waals surface area contributed by atoms with Gasteiger partial charge in [-0.15, -0.1) is 0 Å². The highest BCUT2D eigenvalue weighted by Crippen LogP contribution is 2.26. The van der Waals surface area contributed by atoms with E-state index in [1.807, 2.05) is 37.3 Å². The van der Waals surface area contributed by atoms with Crippen molar-refractivity contribution in [1.82, 2.24) is 14.9 Å². The molecule has 1 aliphatic heterocycles. The number of benzene rings is 2. The van der Waals surface area contributed by atoms with Crippen LogP contribution in [-0.4, -0.2) is 52.7 Å². The fourth-order valence-corrected chi connectivity index (χ4v) is 4.57. The highest BCUT2D eigenvalue weighted by molar-refractivity contribution is 5.52. The highest BCUT2D eigenvalue weighted by Gasteiger charge is 2.24. The zero-order valence-electron chi connectivity index (χ0n) is 19.5. The maximum Gasteiger partial charge on any atom is 0.136 e. The van der Waals surface area contributed by atoms with Gasteiger partial charge in [0.05, 0.1) is 6.10 Å². The molecular weight excluding hydrogens is 396 g/mol. The van der Waals surface area contributed by atoms with Crippen molar-refractivity contribution < 1.29 is 5.11 Å². The van der Waals surface area contributed by atoms with E-state index in [9.17, 15) is 5.11 Å². The van der Waals surface area contributed by atoms with Crippen molar-refractivity contribution in [2.24, 2.45) is 0 Å². The van der Waals surface area contributed by atoms with Crippen LogP contribution in [0.15, 0.2) is 54.6 Å². The predicted octanol–water partition coefficient (Wildman–Crippen LogP) is 4.10. The lowest BCUT2D eigenvalue weighted by atomic mass is 10.0. The minimum atomic E-state index is -0.451. The molecule has 1 N–H and O–H groups in total.